The maximum absolute atomic E-state index is 12.4. The first-order valence-electron chi connectivity index (χ1n) is 7.98. The molecular formula is C18H24BrN3O2. The highest BCUT2D eigenvalue weighted by atomic mass is 79.9. The van der Waals surface area contributed by atoms with Gasteiger partial charge < -0.3 is 19.9 Å². The van der Waals surface area contributed by atoms with Crippen LogP contribution in [0.5, 0.6) is 0 Å². The molecule has 2 N–H and O–H groups in total. The molecule has 24 heavy (non-hydrogen) atoms. The second-order valence-electron chi connectivity index (χ2n) is 5.57. The predicted octanol–water partition coefficient (Wildman–Crippen LogP) is 2.82. The van der Waals surface area contributed by atoms with Crippen molar-refractivity contribution in [1.82, 2.24) is 15.2 Å². The third kappa shape index (κ3) is 4.47. The Kier molecular flexibility index (Phi) is 7.02. The van der Waals surface area contributed by atoms with E-state index in [-0.39, 0.29) is 5.91 Å². The molecule has 0 saturated carbocycles. The molecule has 1 heterocycles. The van der Waals surface area contributed by atoms with E-state index in [9.17, 15) is 4.79 Å². The van der Waals surface area contributed by atoms with Gasteiger partial charge in [-0.3, -0.25) is 4.79 Å². The van der Waals surface area contributed by atoms with E-state index in [0.29, 0.717) is 18.7 Å². The van der Waals surface area contributed by atoms with Gasteiger partial charge in [0.05, 0.1) is 17.9 Å². The molecule has 0 aliphatic rings. The minimum absolute atomic E-state index is 0.0463. The summed E-state index contributed by atoms with van der Waals surface area (Å²) in [6.45, 7) is 6.73. The molecule has 2 aromatic rings. The number of aromatic nitrogens is 1. The molecule has 0 bridgehead atoms. The third-order valence-electron chi connectivity index (χ3n) is 3.84. The van der Waals surface area contributed by atoms with Crippen LogP contribution in [-0.2, 0) is 4.74 Å². The largest absolute Gasteiger partial charge is 0.383 e. The van der Waals surface area contributed by atoms with Crippen LogP contribution in [0.15, 0.2) is 34.8 Å². The molecule has 0 aliphatic heterocycles. The number of aryl methyl sites for hydroxylation is 1. The van der Waals surface area contributed by atoms with Crippen molar-refractivity contribution in [3.8, 4) is 5.69 Å². The number of nitrogens with one attached hydrogen (secondary N) is 2. The van der Waals surface area contributed by atoms with Crippen molar-refractivity contribution in [3.05, 3.63) is 51.8 Å². The van der Waals surface area contributed by atoms with Crippen molar-refractivity contribution in [2.75, 3.05) is 33.4 Å². The topological polar surface area (TPSA) is 55.3 Å². The monoisotopic (exact) mass is 393 g/mol. The number of hydrogen-bond donors (Lipinski definition) is 2. The predicted molar refractivity (Wildman–Crippen MR) is 100 cm³/mol. The first-order chi connectivity index (χ1) is 11.6. The molecular weight excluding hydrogens is 370 g/mol. The molecule has 0 fully saturated rings. The van der Waals surface area contributed by atoms with Gasteiger partial charge in [0.15, 0.2) is 0 Å². The molecule has 0 spiro atoms. The van der Waals surface area contributed by atoms with E-state index < -0.39 is 0 Å². The van der Waals surface area contributed by atoms with Crippen LogP contribution in [0.3, 0.4) is 0 Å². The highest BCUT2D eigenvalue weighted by Crippen LogP contribution is 2.26. The van der Waals surface area contributed by atoms with Crippen LogP contribution in [0.25, 0.3) is 5.69 Å². The Hall–Kier alpha value is -1.63. The van der Waals surface area contributed by atoms with Gasteiger partial charge in [0.2, 0.25) is 0 Å². The second kappa shape index (κ2) is 9.01. The van der Waals surface area contributed by atoms with Crippen LogP contribution in [0, 0.1) is 13.8 Å². The summed E-state index contributed by atoms with van der Waals surface area (Å²) in [6, 6.07) is 9.93. The molecule has 130 valence electrons. The SMILES string of the molecule is COCCNCCNC(=O)c1cc(C)n(-c2ccccc2Br)c1C. The highest BCUT2D eigenvalue weighted by Gasteiger charge is 2.17. The molecule has 1 amide bonds. The molecule has 0 radical (unpaired) electrons. The van der Waals surface area contributed by atoms with Crippen LogP contribution in [0.1, 0.15) is 21.7 Å². The maximum Gasteiger partial charge on any atom is 0.253 e. The Bertz CT molecular complexity index is 698. The number of benzene rings is 1. The zero-order valence-electron chi connectivity index (χ0n) is 14.4. The number of amides is 1. The number of carbonyl (C=O) groups excluding carboxylic acids is 1. The van der Waals surface area contributed by atoms with E-state index >= 15 is 0 Å². The first kappa shape index (κ1) is 18.7. The van der Waals surface area contributed by atoms with Gasteiger partial charge in [-0.25, -0.2) is 0 Å². The van der Waals surface area contributed by atoms with Crippen LogP contribution in [-0.4, -0.2) is 43.8 Å². The summed E-state index contributed by atoms with van der Waals surface area (Å²) in [6.07, 6.45) is 0. The Morgan fingerprint density at radius 2 is 1.96 bits per heavy atom. The van der Waals surface area contributed by atoms with Crippen molar-refractivity contribution >= 4 is 21.8 Å². The Morgan fingerprint density at radius 1 is 1.21 bits per heavy atom. The highest BCUT2D eigenvalue weighted by molar-refractivity contribution is 9.10. The zero-order valence-corrected chi connectivity index (χ0v) is 15.9. The fourth-order valence-corrected chi connectivity index (χ4v) is 3.12. The lowest BCUT2D eigenvalue weighted by atomic mass is 10.2. The molecule has 1 aromatic heterocycles. The van der Waals surface area contributed by atoms with Gasteiger partial charge in [-0.05, 0) is 48.0 Å². The van der Waals surface area contributed by atoms with Gasteiger partial charge in [0, 0.05) is 42.6 Å². The summed E-state index contributed by atoms with van der Waals surface area (Å²) < 4.78 is 8.06. The number of para-hydroxylation sites is 1. The Morgan fingerprint density at radius 3 is 2.67 bits per heavy atom. The van der Waals surface area contributed by atoms with Crippen molar-refractivity contribution in [2.45, 2.75) is 13.8 Å². The van der Waals surface area contributed by atoms with Crippen LogP contribution in [0.2, 0.25) is 0 Å². The summed E-state index contributed by atoms with van der Waals surface area (Å²) >= 11 is 3.58. The number of carbonyl (C=O) groups is 1. The lowest BCUT2D eigenvalue weighted by molar-refractivity contribution is 0.0953. The van der Waals surface area contributed by atoms with Crippen LogP contribution >= 0.6 is 15.9 Å². The van der Waals surface area contributed by atoms with E-state index in [1.54, 1.807) is 7.11 Å². The number of rotatable bonds is 8. The molecule has 0 unspecified atom stereocenters. The summed E-state index contributed by atoms with van der Waals surface area (Å²) in [5.41, 5.74) is 3.71. The van der Waals surface area contributed by atoms with Gasteiger partial charge in [0.1, 0.15) is 0 Å². The number of ether oxygens (including phenoxy) is 1. The standard InChI is InChI=1S/C18H24BrN3O2/c1-13-12-15(18(23)21-9-8-20-10-11-24-3)14(2)22(13)17-7-5-4-6-16(17)19/h4-7,12,20H,8-11H2,1-3H3,(H,21,23). The quantitative estimate of drug-likeness (QED) is 0.677. The number of nitrogens with zero attached hydrogens (tertiary/aromatic N) is 1. The van der Waals surface area contributed by atoms with E-state index in [0.717, 1.165) is 34.6 Å². The number of hydrogen-bond acceptors (Lipinski definition) is 3. The van der Waals surface area contributed by atoms with E-state index in [1.165, 1.54) is 0 Å². The summed E-state index contributed by atoms with van der Waals surface area (Å²) in [7, 11) is 1.67. The maximum atomic E-state index is 12.4. The Labute approximate surface area is 151 Å². The normalized spacial score (nSPS) is 10.8. The van der Waals surface area contributed by atoms with Gasteiger partial charge in [-0.1, -0.05) is 12.1 Å². The average Bonchev–Trinajstić information content (AvgIpc) is 2.86. The lowest BCUT2D eigenvalue weighted by Gasteiger charge is -2.12. The molecule has 0 saturated heterocycles. The Balaban J connectivity index is 2.06. The van der Waals surface area contributed by atoms with Crippen molar-refractivity contribution < 1.29 is 9.53 Å². The molecule has 5 nitrogen and oxygen atoms in total. The van der Waals surface area contributed by atoms with E-state index in [2.05, 4.69) is 31.1 Å². The number of halogens is 1. The third-order valence-corrected chi connectivity index (χ3v) is 4.51. The second-order valence-corrected chi connectivity index (χ2v) is 6.42. The van der Waals surface area contributed by atoms with E-state index in [4.69, 9.17) is 4.74 Å². The average molecular weight is 394 g/mol. The summed E-state index contributed by atoms with van der Waals surface area (Å²) in [5.74, 6) is -0.0463. The fourth-order valence-electron chi connectivity index (χ4n) is 2.66. The summed E-state index contributed by atoms with van der Waals surface area (Å²) in [4.78, 5) is 12.4. The van der Waals surface area contributed by atoms with Crippen LogP contribution in [0.4, 0.5) is 0 Å². The van der Waals surface area contributed by atoms with E-state index in [1.807, 2.05) is 44.2 Å². The molecule has 0 aliphatic carbocycles. The van der Waals surface area contributed by atoms with Crippen molar-refractivity contribution in [1.29, 1.82) is 0 Å². The lowest BCUT2D eigenvalue weighted by Crippen LogP contribution is -2.33. The van der Waals surface area contributed by atoms with Gasteiger partial charge in [-0.15, -0.1) is 0 Å². The molecule has 6 heteroatoms. The minimum Gasteiger partial charge on any atom is -0.383 e. The van der Waals surface area contributed by atoms with Gasteiger partial charge in [0.25, 0.3) is 5.91 Å². The fraction of sp³-hybridized carbons (Fsp3) is 0.389. The summed E-state index contributed by atoms with van der Waals surface area (Å²) in [5, 5.41) is 6.16. The van der Waals surface area contributed by atoms with Crippen LogP contribution < -0.4 is 10.6 Å². The number of methoxy groups -OCH3 is 1. The molecule has 0 atom stereocenters. The molecule has 2 rings (SSSR count). The van der Waals surface area contributed by atoms with Crippen molar-refractivity contribution in [2.24, 2.45) is 0 Å². The van der Waals surface area contributed by atoms with Gasteiger partial charge >= 0.3 is 0 Å². The zero-order chi connectivity index (χ0) is 17.5. The first-order valence-corrected chi connectivity index (χ1v) is 8.77. The minimum atomic E-state index is -0.0463. The van der Waals surface area contributed by atoms with Crippen molar-refractivity contribution in [3.63, 3.8) is 0 Å². The smallest absolute Gasteiger partial charge is 0.253 e. The molecule has 1 aromatic carbocycles. The van der Waals surface area contributed by atoms with Gasteiger partial charge in [-0.2, -0.15) is 0 Å².